The average molecular weight is 198 g/mol. The van der Waals surface area contributed by atoms with Gasteiger partial charge in [-0.15, -0.1) is 0 Å². The maximum atomic E-state index is 11.7. The van der Waals surface area contributed by atoms with E-state index >= 15 is 0 Å². The van der Waals surface area contributed by atoms with Gasteiger partial charge in [-0.3, -0.25) is 4.79 Å². The summed E-state index contributed by atoms with van der Waals surface area (Å²) in [7, 11) is 0. The Hall–Kier alpha value is -1.63. The van der Waals surface area contributed by atoms with Crippen molar-refractivity contribution in [3.05, 3.63) is 5.69 Å². The van der Waals surface area contributed by atoms with Gasteiger partial charge in [0.15, 0.2) is 0 Å². The molecule has 2 heterocycles. The number of ether oxygens (including phenoxy) is 1. The highest BCUT2D eigenvalue weighted by atomic mass is 16.6. The first-order valence-electron chi connectivity index (χ1n) is 4.24. The Bertz CT molecular complexity index is 331. The molecule has 0 saturated carbocycles. The van der Waals surface area contributed by atoms with E-state index in [0.29, 0.717) is 26.3 Å². The normalized spacial score (nSPS) is 17.0. The second-order valence-corrected chi connectivity index (χ2v) is 2.90. The molecular formula is C7H10N4O3. The van der Waals surface area contributed by atoms with E-state index in [1.807, 2.05) is 0 Å². The molecular weight excluding hydrogens is 188 g/mol. The van der Waals surface area contributed by atoms with Crippen LogP contribution in [0.15, 0.2) is 4.63 Å². The van der Waals surface area contributed by atoms with E-state index in [0.717, 1.165) is 0 Å². The molecule has 1 aromatic heterocycles. The van der Waals surface area contributed by atoms with Crippen molar-refractivity contribution in [3.8, 4) is 0 Å². The van der Waals surface area contributed by atoms with E-state index in [1.54, 1.807) is 4.90 Å². The first kappa shape index (κ1) is 8.95. The summed E-state index contributed by atoms with van der Waals surface area (Å²) in [6.07, 6.45) is 0. The van der Waals surface area contributed by atoms with Crippen molar-refractivity contribution in [2.45, 2.75) is 0 Å². The number of hydrogen-bond acceptors (Lipinski definition) is 6. The number of nitrogens with zero attached hydrogens (tertiary/aromatic N) is 3. The summed E-state index contributed by atoms with van der Waals surface area (Å²) in [4.78, 5) is 13.3. The fourth-order valence-corrected chi connectivity index (χ4v) is 1.26. The van der Waals surface area contributed by atoms with Crippen molar-refractivity contribution in [1.29, 1.82) is 0 Å². The lowest BCUT2D eigenvalue weighted by atomic mass is 10.3. The smallest absolute Gasteiger partial charge is 0.280 e. The molecule has 1 fully saturated rings. The van der Waals surface area contributed by atoms with Crippen LogP contribution < -0.4 is 5.73 Å². The van der Waals surface area contributed by atoms with Gasteiger partial charge in [0.2, 0.25) is 11.5 Å². The van der Waals surface area contributed by atoms with Gasteiger partial charge in [-0.25, -0.2) is 4.63 Å². The molecule has 0 atom stereocenters. The standard InChI is InChI=1S/C7H10N4O3/c8-6-5(9-14-10-6)7(12)11-1-3-13-4-2-11/h1-4H2,(H2,8,10). The average Bonchev–Trinajstić information content (AvgIpc) is 2.65. The molecule has 1 aromatic rings. The van der Waals surface area contributed by atoms with Gasteiger partial charge in [0, 0.05) is 13.1 Å². The number of carbonyl (C=O) groups excluding carboxylic acids is 1. The summed E-state index contributed by atoms with van der Waals surface area (Å²) in [5.41, 5.74) is 5.48. The van der Waals surface area contributed by atoms with Crippen molar-refractivity contribution in [1.82, 2.24) is 15.2 Å². The Balaban J connectivity index is 2.11. The number of morpholine rings is 1. The predicted octanol–water partition coefficient (Wildman–Crippen LogP) is -0.876. The van der Waals surface area contributed by atoms with Crippen LogP contribution >= 0.6 is 0 Å². The molecule has 7 nitrogen and oxygen atoms in total. The van der Waals surface area contributed by atoms with E-state index in [1.165, 1.54) is 0 Å². The molecule has 2 N–H and O–H groups in total. The lowest BCUT2D eigenvalue weighted by Gasteiger charge is -2.25. The van der Waals surface area contributed by atoms with E-state index in [-0.39, 0.29) is 17.4 Å². The van der Waals surface area contributed by atoms with Gasteiger partial charge in [-0.05, 0) is 10.3 Å². The zero-order valence-corrected chi connectivity index (χ0v) is 7.47. The second kappa shape index (κ2) is 3.62. The maximum Gasteiger partial charge on any atom is 0.280 e. The molecule has 2 rings (SSSR count). The van der Waals surface area contributed by atoms with E-state index in [9.17, 15) is 4.79 Å². The predicted molar refractivity (Wildman–Crippen MR) is 45.4 cm³/mol. The number of nitrogen functional groups attached to an aromatic ring is 1. The summed E-state index contributed by atoms with van der Waals surface area (Å²) in [6, 6.07) is 0. The number of carbonyl (C=O) groups is 1. The SMILES string of the molecule is Nc1nonc1C(=O)N1CCOCC1. The fraction of sp³-hybridized carbons (Fsp3) is 0.571. The Morgan fingerprint density at radius 3 is 2.64 bits per heavy atom. The van der Waals surface area contributed by atoms with Crippen LogP contribution in [0.2, 0.25) is 0 Å². The van der Waals surface area contributed by atoms with Crippen LogP contribution in [0, 0.1) is 0 Å². The minimum atomic E-state index is -0.257. The van der Waals surface area contributed by atoms with Crippen LogP contribution in [0.4, 0.5) is 5.82 Å². The van der Waals surface area contributed by atoms with Gasteiger partial charge in [0.05, 0.1) is 13.2 Å². The Kier molecular flexibility index (Phi) is 2.32. The Morgan fingerprint density at radius 2 is 2.07 bits per heavy atom. The summed E-state index contributed by atoms with van der Waals surface area (Å²) in [5.74, 6) is -0.228. The molecule has 0 aromatic carbocycles. The van der Waals surface area contributed by atoms with Crippen molar-refractivity contribution >= 4 is 11.7 Å². The lowest BCUT2D eigenvalue weighted by Crippen LogP contribution is -2.41. The van der Waals surface area contributed by atoms with Crippen LogP contribution in [-0.4, -0.2) is 47.4 Å². The highest BCUT2D eigenvalue weighted by molar-refractivity contribution is 5.96. The van der Waals surface area contributed by atoms with Gasteiger partial charge < -0.3 is 15.4 Å². The fourth-order valence-electron chi connectivity index (χ4n) is 1.26. The molecule has 0 bridgehead atoms. The summed E-state index contributed by atoms with van der Waals surface area (Å²) >= 11 is 0. The van der Waals surface area contributed by atoms with Gasteiger partial charge in [0.25, 0.3) is 5.91 Å². The quantitative estimate of drug-likeness (QED) is 0.630. The van der Waals surface area contributed by atoms with E-state index in [4.69, 9.17) is 10.5 Å². The molecule has 0 spiro atoms. The lowest BCUT2D eigenvalue weighted by molar-refractivity contribution is 0.0296. The maximum absolute atomic E-state index is 11.7. The van der Waals surface area contributed by atoms with E-state index < -0.39 is 0 Å². The summed E-state index contributed by atoms with van der Waals surface area (Å²) in [6.45, 7) is 2.17. The van der Waals surface area contributed by atoms with Crippen LogP contribution in [-0.2, 0) is 4.74 Å². The molecule has 1 aliphatic heterocycles. The topological polar surface area (TPSA) is 94.5 Å². The third-order valence-electron chi connectivity index (χ3n) is 2.01. The molecule has 14 heavy (non-hydrogen) atoms. The van der Waals surface area contributed by atoms with Crippen LogP contribution in [0.1, 0.15) is 10.5 Å². The van der Waals surface area contributed by atoms with Crippen molar-refractivity contribution in [2.24, 2.45) is 0 Å². The van der Waals surface area contributed by atoms with Crippen LogP contribution in [0.3, 0.4) is 0 Å². The monoisotopic (exact) mass is 198 g/mol. The molecule has 0 radical (unpaired) electrons. The zero-order valence-electron chi connectivity index (χ0n) is 7.47. The summed E-state index contributed by atoms with van der Waals surface area (Å²) in [5, 5.41) is 6.79. The number of nitrogens with two attached hydrogens (primary N) is 1. The minimum Gasteiger partial charge on any atom is -0.379 e. The van der Waals surface area contributed by atoms with E-state index in [2.05, 4.69) is 14.9 Å². The molecule has 1 saturated heterocycles. The second-order valence-electron chi connectivity index (χ2n) is 2.90. The molecule has 0 unspecified atom stereocenters. The number of rotatable bonds is 1. The molecule has 1 aliphatic rings. The minimum absolute atomic E-state index is 0.0292. The molecule has 76 valence electrons. The first-order valence-corrected chi connectivity index (χ1v) is 4.24. The Morgan fingerprint density at radius 1 is 1.36 bits per heavy atom. The van der Waals surface area contributed by atoms with Gasteiger partial charge in [-0.2, -0.15) is 0 Å². The van der Waals surface area contributed by atoms with Crippen LogP contribution in [0.25, 0.3) is 0 Å². The van der Waals surface area contributed by atoms with Crippen LogP contribution in [0.5, 0.6) is 0 Å². The van der Waals surface area contributed by atoms with Gasteiger partial charge >= 0.3 is 0 Å². The molecule has 7 heteroatoms. The summed E-state index contributed by atoms with van der Waals surface area (Å²) < 4.78 is 9.47. The first-order chi connectivity index (χ1) is 6.79. The number of hydrogen-bond donors (Lipinski definition) is 1. The van der Waals surface area contributed by atoms with Crippen molar-refractivity contribution in [2.75, 3.05) is 32.0 Å². The van der Waals surface area contributed by atoms with Crippen molar-refractivity contribution in [3.63, 3.8) is 0 Å². The third kappa shape index (κ3) is 1.53. The molecule has 1 amide bonds. The zero-order chi connectivity index (χ0) is 9.97. The van der Waals surface area contributed by atoms with Crippen molar-refractivity contribution < 1.29 is 14.2 Å². The third-order valence-corrected chi connectivity index (χ3v) is 2.01. The number of aromatic nitrogens is 2. The Labute approximate surface area is 79.8 Å². The highest BCUT2D eigenvalue weighted by Gasteiger charge is 2.23. The highest BCUT2D eigenvalue weighted by Crippen LogP contribution is 2.09. The molecule has 0 aliphatic carbocycles. The van der Waals surface area contributed by atoms with Gasteiger partial charge in [-0.1, -0.05) is 0 Å². The largest absolute Gasteiger partial charge is 0.379 e. The number of anilines is 1. The number of amides is 1. The van der Waals surface area contributed by atoms with Gasteiger partial charge in [0.1, 0.15) is 0 Å².